The summed E-state index contributed by atoms with van der Waals surface area (Å²) in [6.45, 7) is 4.49. The van der Waals surface area contributed by atoms with Crippen LogP contribution in [0.25, 0.3) is 0 Å². The number of aliphatic imine (C=N–C) groups is 1. The van der Waals surface area contributed by atoms with Gasteiger partial charge in [0.2, 0.25) is 5.91 Å². The monoisotopic (exact) mass is 505 g/mol. The molecule has 28 heavy (non-hydrogen) atoms. The van der Waals surface area contributed by atoms with Crippen LogP contribution in [-0.4, -0.2) is 69.3 Å². The lowest BCUT2D eigenvalue weighted by Gasteiger charge is -2.14. The Morgan fingerprint density at radius 2 is 2.14 bits per heavy atom. The predicted molar refractivity (Wildman–Crippen MR) is 119 cm³/mol. The van der Waals surface area contributed by atoms with E-state index in [1.165, 1.54) is 4.90 Å². The zero-order valence-corrected chi connectivity index (χ0v) is 18.5. The molecule has 0 spiro atoms. The number of amides is 3. The van der Waals surface area contributed by atoms with Crippen LogP contribution in [0.15, 0.2) is 29.3 Å². The van der Waals surface area contributed by atoms with Gasteiger partial charge in [-0.1, -0.05) is 6.07 Å². The standard InChI is InChI=1S/C18H27N5O4.HI/c1-3-19-17(20-8-9-23-16(24)13-21-18(23)25)22-14-6-4-7-15(12-14)27-11-5-10-26-2;/h4,6-7,12H,3,5,8-11,13H2,1-2H3,(H,21,25)(H2,19,20,22);1H. The second-order valence-corrected chi connectivity index (χ2v) is 5.81. The molecule has 0 unspecified atom stereocenters. The fraction of sp³-hybridized carbons (Fsp3) is 0.500. The van der Waals surface area contributed by atoms with Crippen LogP contribution >= 0.6 is 24.0 Å². The first-order valence-corrected chi connectivity index (χ1v) is 8.99. The Morgan fingerprint density at radius 3 is 2.82 bits per heavy atom. The number of halogens is 1. The molecule has 0 atom stereocenters. The highest BCUT2D eigenvalue weighted by Crippen LogP contribution is 2.17. The molecule has 1 fully saturated rings. The SMILES string of the molecule is CCNC(=NCCN1C(=O)CNC1=O)Nc1cccc(OCCCOC)c1.I. The Kier molecular flexibility index (Phi) is 11.3. The van der Waals surface area contributed by atoms with Gasteiger partial charge >= 0.3 is 6.03 Å². The minimum atomic E-state index is -0.369. The maximum absolute atomic E-state index is 11.6. The number of ether oxygens (including phenoxy) is 2. The van der Waals surface area contributed by atoms with Gasteiger partial charge < -0.3 is 25.4 Å². The van der Waals surface area contributed by atoms with Crippen molar-refractivity contribution in [3.05, 3.63) is 24.3 Å². The van der Waals surface area contributed by atoms with E-state index in [2.05, 4.69) is 20.9 Å². The number of benzene rings is 1. The van der Waals surface area contributed by atoms with E-state index in [-0.39, 0.29) is 49.0 Å². The molecule has 3 N–H and O–H groups in total. The summed E-state index contributed by atoms with van der Waals surface area (Å²) in [5.41, 5.74) is 0.828. The summed E-state index contributed by atoms with van der Waals surface area (Å²) in [6.07, 6.45) is 0.820. The Hall–Kier alpha value is -2.08. The number of carbonyl (C=O) groups excluding carboxylic acids is 2. The van der Waals surface area contributed by atoms with Gasteiger partial charge in [0, 0.05) is 38.4 Å². The first kappa shape index (κ1) is 24.0. The number of methoxy groups -OCH3 is 1. The summed E-state index contributed by atoms with van der Waals surface area (Å²) in [6, 6.07) is 7.21. The molecule has 0 saturated carbocycles. The van der Waals surface area contributed by atoms with Gasteiger partial charge in [-0.2, -0.15) is 0 Å². The normalized spacial score (nSPS) is 13.8. The molecule has 2 rings (SSSR count). The van der Waals surface area contributed by atoms with E-state index in [0.29, 0.717) is 32.3 Å². The van der Waals surface area contributed by atoms with Crippen molar-refractivity contribution >= 4 is 47.6 Å². The van der Waals surface area contributed by atoms with E-state index in [0.717, 1.165) is 17.9 Å². The first-order valence-electron chi connectivity index (χ1n) is 8.99. The third-order valence-corrected chi connectivity index (χ3v) is 3.73. The Balaban J connectivity index is 0.00000392. The molecule has 0 aliphatic carbocycles. The van der Waals surface area contributed by atoms with E-state index in [4.69, 9.17) is 9.47 Å². The molecular weight excluding hydrogens is 477 g/mol. The molecule has 0 aromatic heterocycles. The highest BCUT2D eigenvalue weighted by Gasteiger charge is 2.27. The van der Waals surface area contributed by atoms with Crippen molar-refractivity contribution < 1.29 is 19.1 Å². The van der Waals surface area contributed by atoms with E-state index in [1.54, 1.807) is 7.11 Å². The molecule has 1 aliphatic rings. The minimum Gasteiger partial charge on any atom is -0.493 e. The second kappa shape index (κ2) is 13.2. The quantitative estimate of drug-likeness (QED) is 0.147. The van der Waals surface area contributed by atoms with Crippen molar-refractivity contribution in [2.75, 3.05) is 51.8 Å². The van der Waals surface area contributed by atoms with Crippen molar-refractivity contribution in [3.8, 4) is 5.75 Å². The van der Waals surface area contributed by atoms with Crippen molar-refractivity contribution in [1.82, 2.24) is 15.5 Å². The minimum absolute atomic E-state index is 0. The van der Waals surface area contributed by atoms with Crippen LogP contribution in [0, 0.1) is 0 Å². The number of rotatable bonds is 10. The van der Waals surface area contributed by atoms with Crippen molar-refractivity contribution in [2.45, 2.75) is 13.3 Å². The average molecular weight is 505 g/mol. The lowest BCUT2D eigenvalue weighted by molar-refractivity contribution is -0.124. The lowest BCUT2D eigenvalue weighted by atomic mass is 10.3. The molecule has 0 bridgehead atoms. The van der Waals surface area contributed by atoms with Crippen molar-refractivity contribution in [1.29, 1.82) is 0 Å². The first-order chi connectivity index (χ1) is 13.1. The lowest BCUT2D eigenvalue weighted by Crippen LogP contribution is -2.35. The van der Waals surface area contributed by atoms with Gasteiger partial charge in [0.1, 0.15) is 5.75 Å². The second-order valence-electron chi connectivity index (χ2n) is 5.81. The van der Waals surface area contributed by atoms with Gasteiger partial charge in [-0.3, -0.25) is 14.7 Å². The smallest absolute Gasteiger partial charge is 0.324 e. The number of urea groups is 1. The molecule has 10 heteroatoms. The summed E-state index contributed by atoms with van der Waals surface area (Å²) in [7, 11) is 1.66. The Labute approximate surface area is 182 Å². The van der Waals surface area contributed by atoms with Gasteiger partial charge in [-0.05, 0) is 19.1 Å². The topological polar surface area (TPSA) is 104 Å². The fourth-order valence-electron chi connectivity index (χ4n) is 2.44. The Bertz CT molecular complexity index is 655. The van der Waals surface area contributed by atoms with Crippen molar-refractivity contribution in [3.63, 3.8) is 0 Å². The number of hydrogen-bond donors (Lipinski definition) is 3. The number of hydrogen-bond acceptors (Lipinski definition) is 5. The molecule has 1 aromatic carbocycles. The number of anilines is 1. The fourth-order valence-corrected chi connectivity index (χ4v) is 2.44. The summed E-state index contributed by atoms with van der Waals surface area (Å²) < 4.78 is 10.7. The van der Waals surface area contributed by atoms with Crippen LogP contribution in [-0.2, 0) is 9.53 Å². The largest absolute Gasteiger partial charge is 0.493 e. The van der Waals surface area contributed by atoms with E-state index in [1.807, 2.05) is 31.2 Å². The van der Waals surface area contributed by atoms with E-state index >= 15 is 0 Å². The number of carbonyl (C=O) groups is 2. The zero-order valence-electron chi connectivity index (χ0n) is 16.2. The third kappa shape index (κ3) is 7.89. The van der Waals surface area contributed by atoms with Crippen LogP contribution in [0.4, 0.5) is 10.5 Å². The molecule has 156 valence electrons. The van der Waals surface area contributed by atoms with Crippen LogP contribution in [0.2, 0.25) is 0 Å². The van der Waals surface area contributed by atoms with Crippen molar-refractivity contribution in [2.24, 2.45) is 4.99 Å². The summed E-state index contributed by atoms with van der Waals surface area (Å²) in [4.78, 5) is 28.7. The molecule has 1 heterocycles. The van der Waals surface area contributed by atoms with Gasteiger partial charge in [0.15, 0.2) is 5.96 Å². The highest BCUT2D eigenvalue weighted by atomic mass is 127. The van der Waals surface area contributed by atoms with E-state index < -0.39 is 0 Å². The van der Waals surface area contributed by atoms with Gasteiger partial charge in [0.05, 0.1) is 26.2 Å². The molecule has 9 nitrogen and oxygen atoms in total. The van der Waals surface area contributed by atoms with Crippen LogP contribution in [0.1, 0.15) is 13.3 Å². The summed E-state index contributed by atoms with van der Waals surface area (Å²) in [5, 5.41) is 8.83. The number of guanidine groups is 1. The van der Waals surface area contributed by atoms with Crippen LogP contribution in [0.5, 0.6) is 5.75 Å². The third-order valence-electron chi connectivity index (χ3n) is 3.73. The molecule has 3 amide bonds. The molecule has 0 radical (unpaired) electrons. The summed E-state index contributed by atoms with van der Waals surface area (Å²) >= 11 is 0. The molecular formula is C18H28IN5O4. The zero-order chi connectivity index (χ0) is 19.5. The van der Waals surface area contributed by atoms with Gasteiger partial charge in [-0.25, -0.2) is 4.79 Å². The van der Waals surface area contributed by atoms with Gasteiger partial charge in [0.25, 0.3) is 0 Å². The molecule has 1 saturated heterocycles. The molecule has 1 aromatic rings. The highest BCUT2D eigenvalue weighted by molar-refractivity contribution is 14.0. The molecule has 1 aliphatic heterocycles. The number of nitrogens with one attached hydrogen (secondary N) is 3. The maximum Gasteiger partial charge on any atom is 0.324 e. The van der Waals surface area contributed by atoms with Crippen LogP contribution in [0.3, 0.4) is 0 Å². The maximum atomic E-state index is 11.6. The average Bonchev–Trinajstić information content (AvgIpc) is 2.98. The predicted octanol–water partition coefficient (Wildman–Crippen LogP) is 1.65. The summed E-state index contributed by atoms with van der Waals surface area (Å²) in [5.74, 6) is 1.10. The van der Waals surface area contributed by atoms with E-state index in [9.17, 15) is 9.59 Å². The number of imide groups is 1. The Morgan fingerprint density at radius 1 is 1.32 bits per heavy atom. The number of nitrogens with zero attached hydrogens (tertiary/aromatic N) is 2. The van der Waals surface area contributed by atoms with Crippen LogP contribution < -0.4 is 20.7 Å². The van der Waals surface area contributed by atoms with Gasteiger partial charge in [-0.15, -0.1) is 24.0 Å².